The zero-order valence-corrected chi connectivity index (χ0v) is 9.40. The number of hydrogen-bond donors (Lipinski definition) is 1. The average molecular weight is 192 g/mol. The SMILES string of the molecule is CSC(SC)=C(O)C(C)(C)C. The van der Waals surface area contributed by atoms with Gasteiger partial charge in [0.1, 0.15) is 5.76 Å². The standard InChI is InChI=1S/C8H16OS2/c1-8(2,3)6(9)7(10-4)11-5/h9H,1-5H3. The van der Waals surface area contributed by atoms with E-state index < -0.39 is 0 Å². The molecule has 0 saturated carbocycles. The second-order valence-corrected chi connectivity index (χ2v) is 5.19. The van der Waals surface area contributed by atoms with Crippen molar-refractivity contribution in [3.8, 4) is 0 Å². The summed E-state index contributed by atoms with van der Waals surface area (Å²) in [5.74, 6) is 0.498. The lowest BCUT2D eigenvalue weighted by atomic mass is 9.95. The summed E-state index contributed by atoms with van der Waals surface area (Å²) in [4.78, 5) is 0. The Bertz CT molecular complexity index is 150. The highest BCUT2D eigenvalue weighted by Crippen LogP contribution is 2.35. The van der Waals surface area contributed by atoms with Crippen LogP contribution in [0.3, 0.4) is 0 Å². The lowest BCUT2D eigenvalue weighted by Crippen LogP contribution is -2.09. The van der Waals surface area contributed by atoms with Crippen LogP contribution in [0.5, 0.6) is 0 Å². The number of allylic oxidation sites excluding steroid dienone is 1. The van der Waals surface area contributed by atoms with E-state index in [2.05, 4.69) is 0 Å². The Morgan fingerprint density at radius 1 is 1.09 bits per heavy atom. The van der Waals surface area contributed by atoms with Crippen LogP contribution in [0.25, 0.3) is 0 Å². The van der Waals surface area contributed by atoms with Crippen molar-refractivity contribution >= 4 is 23.5 Å². The van der Waals surface area contributed by atoms with Gasteiger partial charge in [-0.25, -0.2) is 0 Å². The van der Waals surface area contributed by atoms with Crippen LogP contribution >= 0.6 is 23.5 Å². The third-order valence-electron chi connectivity index (χ3n) is 1.27. The molecule has 0 radical (unpaired) electrons. The van der Waals surface area contributed by atoms with E-state index in [1.807, 2.05) is 33.3 Å². The van der Waals surface area contributed by atoms with Crippen LogP contribution in [-0.2, 0) is 0 Å². The molecule has 0 rings (SSSR count). The lowest BCUT2D eigenvalue weighted by molar-refractivity contribution is 0.278. The summed E-state index contributed by atoms with van der Waals surface area (Å²) >= 11 is 3.19. The van der Waals surface area contributed by atoms with E-state index >= 15 is 0 Å². The quantitative estimate of drug-likeness (QED) is 0.676. The van der Waals surface area contributed by atoms with Crippen molar-refractivity contribution in [2.24, 2.45) is 5.41 Å². The van der Waals surface area contributed by atoms with Crippen LogP contribution in [-0.4, -0.2) is 17.6 Å². The molecule has 0 saturated heterocycles. The fraction of sp³-hybridized carbons (Fsp3) is 0.750. The summed E-state index contributed by atoms with van der Waals surface area (Å²) in [5.41, 5.74) is -0.124. The Labute approximate surface area is 77.6 Å². The molecular weight excluding hydrogens is 176 g/mol. The predicted octanol–water partition coefficient (Wildman–Crippen LogP) is 3.49. The molecular formula is C8H16OS2. The van der Waals surface area contributed by atoms with Crippen LogP contribution in [0.15, 0.2) is 10.00 Å². The maximum absolute atomic E-state index is 9.68. The second kappa shape index (κ2) is 4.31. The van der Waals surface area contributed by atoms with E-state index in [0.717, 1.165) is 4.24 Å². The molecule has 0 aromatic rings. The van der Waals surface area contributed by atoms with E-state index in [-0.39, 0.29) is 5.41 Å². The molecule has 0 spiro atoms. The molecule has 0 bridgehead atoms. The number of aliphatic hydroxyl groups excluding tert-OH is 1. The van der Waals surface area contributed by atoms with Crippen LogP contribution in [0, 0.1) is 5.41 Å². The fourth-order valence-electron chi connectivity index (χ4n) is 0.583. The molecule has 0 heterocycles. The highest BCUT2D eigenvalue weighted by Gasteiger charge is 2.19. The zero-order chi connectivity index (χ0) is 9.07. The first-order valence-electron chi connectivity index (χ1n) is 3.45. The van der Waals surface area contributed by atoms with E-state index in [4.69, 9.17) is 0 Å². The summed E-state index contributed by atoms with van der Waals surface area (Å²) in [6.45, 7) is 6.03. The smallest absolute Gasteiger partial charge is 0.117 e. The molecule has 0 fully saturated rings. The van der Waals surface area contributed by atoms with Crippen molar-refractivity contribution in [2.45, 2.75) is 20.8 Å². The van der Waals surface area contributed by atoms with Gasteiger partial charge >= 0.3 is 0 Å². The second-order valence-electron chi connectivity index (χ2n) is 3.29. The summed E-state index contributed by atoms with van der Waals surface area (Å²) in [6, 6.07) is 0. The molecule has 1 N–H and O–H groups in total. The number of thioether (sulfide) groups is 2. The van der Waals surface area contributed by atoms with Gasteiger partial charge in [0.15, 0.2) is 0 Å². The van der Waals surface area contributed by atoms with Crippen LogP contribution in [0.1, 0.15) is 20.8 Å². The number of rotatable bonds is 2. The molecule has 66 valence electrons. The summed E-state index contributed by atoms with van der Waals surface area (Å²) in [6.07, 6.45) is 3.96. The van der Waals surface area contributed by atoms with Crippen molar-refractivity contribution in [2.75, 3.05) is 12.5 Å². The molecule has 0 aromatic heterocycles. The third-order valence-corrected chi connectivity index (χ3v) is 3.40. The van der Waals surface area contributed by atoms with Gasteiger partial charge in [-0.1, -0.05) is 20.8 Å². The lowest BCUT2D eigenvalue weighted by Gasteiger charge is -2.19. The maximum Gasteiger partial charge on any atom is 0.117 e. The van der Waals surface area contributed by atoms with Gasteiger partial charge in [-0.15, -0.1) is 23.5 Å². The normalized spacial score (nSPS) is 11.4. The summed E-state index contributed by atoms with van der Waals surface area (Å²) in [7, 11) is 0. The van der Waals surface area contributed by atoms with Crippen molar-refractivity contribution in [1.82, 2.24) is 0 Å². The van der Waals surface area contributed by atoms with E-state index in [9.17, 15) is 5.11 Å². The third kappa shape index (κ3) is 3.43. The van der Waals surface area contributed by atoms with E-state index in [0.29, 0.717) is 5.76 Å². The molecule has 0 aromatic carbocycles. The molecule has 1 nitrogen and oxygen atoms in total. The molecule has 0 amide bonds. The van der Waals surface area contributed by atoms with E-state index in [1.165, 1.54) is 0 Å². The maximum atomic E-state index is 9.68. The van der Waals surface area contributed by atoms with Crippen molar-refractivity contribution < 1.29 is 5.11 Å². The zero-order valence-electron chi connectivity index (χ0n) is 7.76. The number of aliphatic hydroxyl groups is 1. The molecule has 0 atom stereocenters. The molecule has 3 heteroatoms. The van der Waals surface area contributed by atoms with Gasteiger partial charge in [0, 0.05) is 5.41 Å². The van der Waals surface area contributed by atoms with Crippen LogP contribution in [0.4, 0.5) is 0 Å². The molecule has 0 unspecified atom stereocenters. The van der Waals surface area contributed by atoms with Gasteiger partial charge in [-0.2, -0.15) is 0 Å². The highest BCUT2D eigenvalue weighted by molar-refractivity contribution is 8.21. The first-order chi connectivity index (χ1) is 4.93. The van der Waals surface area contributed by atoms with Gasteiger partial charge in [0.05, 0.1) is 4.24 Å². The summed E-state index contributed by atoms with van der Waals surface area (Å²) < 4.78 is 1.01. The molecule has 0 aliphatic carbocycles. The number of hydrogen-bond acceptors (Lipinski definition) is 3. The molecule has 0 aliphatic rings. The Kier molecular flexibility index (Phi) is 4.41. The first-order valence-corrected chi connectivity index (χ1v) is 5.90. The highest BCUT2D eigenvalue weighted by atomic mass is 32.2. The van der Waals surface area contributed by atoms with E-state index in [1.54, 1.807) is 23.5 Å². The van der Waals surface area contributed by atoms with Gasteiger partial charge in [0.25, 0.3) is 0 Å². The van der Waals surface area contributed by atoms with Gasteiger partial charge in [-0.05, 0) is 12.5 Å². The Morgan fingerprint density at radius 3 is 1.55 bits per heavy atom. The molecule has 0 aliphatic heterocycles. The van der Waals surface area contributed by atoms with Gasteiger partial charge < -0.3 is 5.11 Å². The fourth-order valence-corrected chi connectivity index (χ4v) is 2.25. The minimum absolute atomic E-state index is 0.124. The minimum Gasteiger partial charge on any atom is -0.510 e. The predicted molar refractivity (Wildman–Crippen MR) is 56.1 cm³/mol. The van der Waals surface area contributed by atoms with Crippen LogP contribution in [0.2, 0.25) is 0 Å². The monoisotopic (exact) mass is 192 g/mol. The van der Waals surface area contributed by atoms with Crippen molar-refractivity contribution in [3.63, 3.8) is 0 Å². The topological polar surface area (TPSA) is 20.2 Å². The Balaban J connectivity index is 4.62. The minimum atomic E-state index is -0.124. The van der Waals surface area contributed by atoms with Gasteiger partial charge in [-0.3, -0.25) is 0 Å². The van der Waals surface area contributed by atoms with Gasteiger partial charge in [0.2, 0.25) is 0 Å². The Hall–Kier alpha value is 0.240. The Morgan fingerprint density at radius 2 is 1.45 bits per heavy atom. The van der Waals surface area contributed by atoms with Crippen LogP contribution < -0.4 is 0 Å². The van der Waals surface area contributed by atoms with Crippen molar-refractivity contribution in [1.29, 1.82) is 0 Å². The first kappa shape index (κ1) is 11.2. The summed E-state index contributed by atoms with van der Waals surface area (Å²) in [5, 5.41) is 9.68. The molecule has 11 heavy (non-hydrogen) atoms. The van der Waals surface area contributed by atoms with Crippen molar-refractivity contribution in [3.05, 3.63) is 10.00 Å². The average Bonchev–Trinajstić information content (AvgIpc) is 1.88. The largest absolute Gasteiger partial charge is 0.510 e.